The van der Waals surface area contributed by atoms with Crippen LogP contribution >= 0.6 is 40.4 Å². The molecule has 0 saturated heterocycles. The van der Waals surface area contributed by atoms with Gasteiger partial charge in [0.25, 0.3) is 0 Å². The van der Waals surface area contributed by atoms with Crippen LogP contribution in [0.5, 0.6) is 0 Å². The summed E-state index contributed by atoms with van der Waals surface area (Å²) in [6.07, 6.45) is 0. The maximum absolute atomic E-state index is 4.97. The predicted molar refractivity (Wildman–Crippen MR) is 34.9 cm³/mol. The second-order valence-corrected chi connectivity index (χ2v) is 12.0. The van der Waals surface area contributed by atoms with Gasteiger partial charge in [-0.2, -0.15) is 0 Å². The average molecular weight is 211 g/mol. The molecule has 7 heavy (non-hydrogen) atoms. The van der Waals surface area contributed by atoms with Crippen LogP contribution in [0.3, 0.4) is 0 Å². The molecule has 0 aromatic carbocycles. The molecular weight excluding hydrogens is 211 g/mol. The van der Waals surface area contributed by atoms with E-state index < -0.39 is 9.20 Å². The fourth-order valence-electron chi connectivity index (χ4n) is 0. The maximum Gasteiger partial charge on any atom is 0 e. The third-order valence-electron chi connectivity index (χ3n) is 0. The van der Waals surface area contributed by atoms with Crippen molar-refractivity contribution in [3.05, 3.63) is 0 Å². The molecule has 0 aliphatic heterocycles. The van der Waals surface area contributed by atoms with Crippen molar-refractivity contribution in [3.8, 4) is 0 Å². The molecular formula is Cl4Li2Mn. The molecule has 0 aliphatic rings. The van der Waals surface area contributed by atoms with Crippen molar-refractivity contribution < 1.29 is 9.20 Å². The van der Waals surface area contributed by atoms with E-state index in [1.54, 1.807) is 0 Å². The molecule has 0 aromatic heterocycles. The number of rotatable bonds is 0. The molecule has 0 nitrogen and oxygen atoms in total. The van der Waals surface area contributed by atoms with E-state index in [0.29, 0.717) is 0 Å². The van der Waals surface area contributed by atoms with Crippen molar-refractivity contribution in [2.75, 3.05) is 0 Å². The Kier molecular flexibility index (Phi) is 16.4. The van der Waals surface area contributed by atoms with E-state index in [9.17, 15) is 0 Å². The molecule has 0 amide bonds. The van der Waals surface area contributed by atoms with Gasteiger partial charge < -0.3 is 0 Å². The van der Waals surface area contributed by atoms with E-state index in [4.69, 9.17) is 40.4 Å². The Balaban J connectivity index is -0.0000000800. The van der Waals surface area contributed by atoms with Gasteiger partial charge in [-0.3, -0.25) is 0 Å². The van der Waals surface area contributed by atoms with Crippen LogP contribution in [0.15, 0.2) is 0 Å². The largest absolute Gasteiger partial charge is 0 e. The third-order valence-corrected chi connectivity index (χ3v) is 0. The maximum atomic E-state index is 4.97. The molecule has 0 aliphatic carbocycles. The van der Waals surface area contributed by atoms with E-state index in [-0.39, 0.29) is 37.7 Å². The van der Waals surface area contributed by atoms with Crippen molar-refractivity contribution in [2.45, 2.75) is 0 Å². The molecule has 0 bridgehead atoms. The van der Waals surface area contributed by atoms with Gasteiger partial charge in [-0.05, 0) is 0 Å². The summed E-state index contributed by atoms with van der Waals surface area (Å²) in [6, 6.07) is 0. The Morgan fingerprint density at radius 3 is 0.714 bits per heavy atom. The van der Waals surface area contributed by atoms with Crippen LogP contribution in [0.2, 0.25) is 0 Å². The fourth-order valence-corrected chi connectivity index (χ4v) is 0. The van der Waals surface area contributed by atoms with Crippen LogP contribution in [0, 0.1) is 0 Å². The van der Waals surface area contributed by atoms with Crippen LogP contribution in [0.4, 0.5) is 0 Å². The van der Waals surface area contributed by atoms with Crippen LogP contribution in [0.1, 0.15) is 0 Å². The molecule has 0 aromatic rings. The Bertz CT molecular complexity index is 25.2. The average Bonchev–Trinajstić information content (AvgIpc) is 0.722. The first-order valence-corrected chi connectivity index (χ1v) is 7.07. The zero-order chi connectivity index (χ0) is 4.50. The summed E-state index contributed by atoms with van der Waals surface area (Å²) in [6.45, 7) is 0. The van der Waals surface area contributed by atoms with Gasteiger partial charge in [0, 0.05) is 37.7 Å². The summed E-state index contributed by atoms with van der Waals surface area (Å²) in [4.78, 5) is 0. The standard InChI is InChI=1S/4ClH.2Li.Mn/h4*1H;;;/q;;;;;;+4/p-4. The van der Waals surface area contributed by atoms with Crippen molar-refractivity contribution in [2.24, 2.45) is 0 Å². The molecule has 0 heterocycles. The first kappa shape index (κ1) is 16.5. The normalized spacial score (nSPS) is 10.9. The SMILES string of the molecule is [Cl][Mn]([Cl])([Cl])[Cl].[Li].[Li]. The number of halogens is 4. The third kappa shape index (κ3) is 50.8. The summed E-state index contributed by atoms with van der Waals surface area (Å²) in [7, 11) is 17.1. The van der Waals surface area contributed by atoms with Crippen molar-refractivity contribution in [1.29, 1.82) is 0 Å². The summed E-state index contributed by atoms with van der Waals surface area (Å²) in [5, 5.41) is 0. The second kappa shape index (κ2) is 6.99. The van der Waals surface area contributed by atoms with E-state index in [1.807, 2.05) is 0 Å². The smallest absolute Gasteiger partial charge is 0 e. The van der Waals surface area contributed by atoms with Crippen LogP contribution in [0.25, 0.3) is 0 Å². The zero-order valence-corrected chi connectivity index (χ0v) is 8.09. The molecule has 0 N–H and O–H groups in total. The predicted octanol–water partition coefficient (Wildman–Crippen LogP) is 1.99. The molecule has 0 saturated carbocycles. The quantitative estimate of drug-likeness (QED) is 0.537. The minimum absolute atomic E-state index is 0. The molecule has 0 unspecified atom stereocenters. The Morgan fingerprint density at radius 1 is 0.714 bits per heavy atom. The second-order valence-electron chi connectivity index (χ2n) is 0.324. The van der Waals surface area contributed by atoms with Gasteiger partial charge >= 0.3 is 49.6 Å². The van der Waals surface area contributed by atoms with E-state index in [1.165, 1.54) is 0 Å². The van der Waals surface area contributed by atoms with Crippen molar-refractivity contribution >= 4 is 78.1 Å². The number of hydrogen-bond acceptors (Lipinski definition) is 0. The molecule has 7 heteroatoms. The van der Waals surface area contributed by atoms with Crippen LogP contribution in [-0.2, 0) is 9.20 Å². The van der Waals surface area contributed by atoms with Gasteiger partial charge in [0.05, 0.1) is 0 Å². The van der Waals surface area contributed by atoms with Crippen molar-refractivity contribution in [3.63, 3.8) is 0 Å². The zero-order valence-electron chi connectivity index (χ0n) is 3.89. The molecule has 0 atom stereocenters. The molecule has 0 fully saturated rings. The topological polar surface area (TPSA) is 0 Å². The van der Waals surface area contributed by atoms with Gasteiger partial charge in [-0.15, -0.1) is 0 Å². The Morgan fingerprint density at radius 2 is 0.714 bits per heavy atom. The first-order valence-electron chi connectivity index (χ1n) is 0.571. The summed E-state index contributed by atoms with van der Waals surface area (Å²) >= 11 is 0. The number of hydrogen-bond donors (Lipinski definition) is 0. The van der Waals surface area contributed by atoms with E-state index >= 15 is 0 Å². The van der Waals surface area contributed by atoms with E-state index in [2.05, 4.69) is 0 Å². The van der Waals surface area contributed by atoms with Gasteiger partial charge in [0.2, 0.25) is 0 Å². The Labute approximate surface area is 86.1 Å². The van der Waals surface area contributed by atoms with Gasteiger partial charge in [0.15, 0.2) is 0 Å². The van der Waals surface area contributed by atoms with Crippen LogP contribution < -0.4 is 0 Å². The molecule has 0 rings (SSSR count). The minimum atomic E-state index is -2.74. The molecule has 2 radical (unpaired) electrons. The van der Waals surface area contributed by atoms with Crippen molar-refractivity contribution in [1.82, 2.24) is 0 Å². The van der Waals surface area contributed by atoms with Gasteiger partial charge in [-0.1, -0.05) is 0 Å². The minimum Gasteiger partial charge on any atom is 0 e. The first-order chi connectivity index (χ1) is 2.00. The van der Waals surface area contributed by atoms with E-state index in [0.717, 1.165) is 0 Å². The summed E-state index contributed by atoms with van der Waals surface area (Å²) in [5.74, 6) is 0. The molecule has 0 spiro atoms. The molecule has 37 valence electrons. The van der Waals surface area contributed by atoms with Crippen LogP contribution in [-0.4, -0.2) is 37.7 Å². The Hall–Kier alpha value is 2.87. The van der Waals surface area contributed by atoms with Gasteiger partial charge in [-0.25, -0.2) is 0 Å². The summed E-state index contributed by atoms with van der Waals surface area (Å²) < 4.78 is 0. The summed E-state index contributed by atoms with van der Waals surface area (Å²) in [5.41, 5.74) is 0. The van der Waals surface area contributed by atoms with Gasteiger partial charge in [0.1, 0.15) is 0 Å². The monoisotopic (exact) mass is 209 g/mol. The fraction of sp³-hybridized carbons (Fsp3) is 0.